The Hall–Kier alpha value is -1.44. The molecule has 0 bridgehead atoms. The fraction of sp³-hybridized carbons (Fsp3) is 0.400. The van der Waals surface area contributed by atoms with Crippen LogP contribution in [0.5, 0.6) is 0 Å². The first-order valence-electron chi connectivity index (χ1n) is 6.14. The van der Waals surface area contributed by atoms with Gasteiger partial charge < -0.3 is 0 Å². The highest BCUT2D eigenvalue weighted by Crippen LogP contribution is 2.33. The van der Waals surface area contributed by atoms with Gasteiger partial charge in [0.1, 0.15) is 5.82 Å². The number of halogens is 1. The number of carbonyl (C=O) groups excluding carboxylic acids is 1. The molecule has 0 aromatic heterocycles. The van der Waals surface area contributed by atoms with Crippen LogP contribution in [0.25, 0.3) is 0 Å². The number of hydrogen-bond acceptors (Lipinski definition) is 1. The Morgan fingerprint density at radius 2 is 1.88 bits per heavy atom. The van der Waals surface area contributed by atoms with Gasteiger partial charge in [-0.2, -0.15) is 0 Å². The normalized spacial score (nSPS) is 24.3. The van der Waals surface area contributed by atoms with Crippen molar-refractivity contribution in [3.8, 4) is 0 Å². The van der Waals surface area contributed by atoms with Crippen LogP contribution >= 0.6 is 0 Å². The lowest BCUT2D eigenvalue weighted by Crippen LogP contribution is -2.26. The zero-order valence-electron chi connectivity index (χ0n) is 9.86. The van der Waals surface area contributed by atoms with Crippen LogP contribution in [-0.4, -0.2) is 5.78 Å². The van der Waals surface area contributed by atoms with Crippen molar-refractivity contribution in [3.05, 3.63) is 48.3 Å². The molecule has 1 nitrogen and oxygen atoms in total. The minimum atomic E-state index is -0.300. The monoisotopic (exact) mass is 232 g/mol. The van der Waals surface area contributed by atoms with E-state index in [0.717, 1.165) is 19.3 Å². The topological polar surface area (TPSA) is 17.1 Å². The number of hydrogen-bond donors (Lipinski definition) is 0. The van der Waals surface area contributed by atoms with Gasteiger partial charge in [-0.1, -0.05) is 18.9 Å². The average molecular weight is 232 g/mol. The molecule has 1 aliphatic rings. The van der Waals surface area contributed by atoms with Crippen molar-refractivity contribution in [2.75, 3.05) is 0 Å². The highest BCUT2D eigenvalue weighted by atomic mass is 19.1. The molecule has 1 saturated carbocycles. The Morgan fingerprint density at radius 1 is 1.24 bits per heavy atom. The van der Waals surface area contributed by atoms with Crippen molar-refractivity contribution >= 4 is 5.78 Å². The Balaban J connectivity index is 2.18. The standard InChI is InChI=1S/C15H17FO/c1-2-11-5-3-4-6-14(11)15(17)12-7-9-13(16)10-8-12/h2,7-11,14H,1,3-6H2/t11-,14+/m1/s1. The van der Waals surface area contributed by atoms with E-state index in [1.54, 1.807) is 12.1 Å². The average Bonchev–Trinajstić information content (AvgIpc) is 2.39. The van der Waals surface area contributed by atoms with E-state index in [4.69, 9.17) is 0 Å². The highest BCUT2D eigenvalue weighted by molar-refractivity contribution is 5.98. The first-order valence-corrected chi connectivity index (χ1v) is 6.14. The van der Waals surface area contributed by atoms with Gasteiger partial charge in [-0.15, -0.1) is 6.58 Å². The lowest BCUT2D eigenvalue weighted by atomic mass is 9.75. The molecule has 0 heterocycles. The Bertz CT molecular complexity index is 407. The number of carbonyl (C=O) groups is 1. The molecule has 0 N–H and O–H groups in total. The SMILES string of the molecule is C=C[C@@H]1CCCC[C@@H]1C(=O)c1ccc(F)cc1. The summed E-state index contributed by atoms with van der Waals surface area (Å²) in [7, 11) is 0. The van der Waals surface area contributed by atoms with Gasteiger partial charge in [-0.25, -0.2) is 4.39 Å². The van der Waals surface area contributed by atoms with Crippen molar-refractivity contribution < 1.29 is 9.18 Å². The second-order valence-electron chi connectivity index (χ2n) is 4.66. The summed E-state index contributed by atoms with van der Waals surface area (Å²) in [5.74, 6) is 0.146. The number of benzene rings is 1. The lowest BCUT2D eigenvalue weighted by Gasteiger charge is -2.28. The number of rotatable bonds is 3. The molecule has 0 spiro atoms. The Morgan fingerprint density at radius 3 is 2.53 bits per heavy atom. The van der Waals surface area contributed by atoms with Crippen molar-refractivity contribution in [1.29, 1.82) is 0 Å². The number of ketones is 1. The maximum atomic E-state index is 12.8. The first-order chi connectivity index (χ1) is 8.22. The van der Waals surface area contributed by atoms with Crippen LogP contribution in [0.4, 0.5) is 4.39 Å². The molecule has 0 unspecified atom stereocenters. The van der Waals surface area contributed by atoms with Gasteiger partial charge >= 0.3 is 0 Å². The second kappa shape index (κ2) is 5.26. The fourth-order valence-corrected chi connectivity index (χ4v) is 2.60. The van der Waals surface area contributed by atoms with Crippen LogP contribution in [0.2, 0.25) is 0 Å². The predicted octanol–water partition coefficient (Wildman–Crippen LogP) is 4.00. The molecule has 1 aromatic carbocycles. The molecule has 0 aliphatic heterocycles. The van der Waals surface area contributed by atoms with Gasteiger partial charge in [0.05, 0.1) is 0 Å². The summed E-state index contributed by atoms with van der Waals surface area (Å²) in [6.45, 7) is 3.81. The summed E-state index contributed by atoms with van der Waals surface area (Å²) < 4.78 is 12.8. The van der Waals surface area contributed by atoms with E-state index in [1.807, 2.05) is 6.08 Å². The van der Waals surface area contributed by atoms with Crippen LogP contribution in [-0.2, 0) is 0 Å². The zero-order valence-corrected chi connectivity index (χ0v) is 9.86. The third-order valence-electron chi connectivity index (χ3n) is 3.59. The summed E-state index contributed by atoms with van der Waals surface area (Å²) in [6.07, 6.45) is 6.13. The predicted molar refractivity (Wildman–Crippen MR) is 66.4 cm³/mol. The van der Waals surface area contributed by atoms with Crippen molar-refractivity contribution in [3.63, 3.8) is 0 Å². The molecule has 1 fully saturated rings. The van der Waals surface area contributed by atoms with E-state index in [2.05, 4.69) is 6.58 Å². The van der Waals surface area contributed by atoms with E-state index >= 15 is 0 Å². The molecule has 17 heavy (non-hydrogen) atoms. The third-order valence-corrected chi connectivity index (χ3v) is 3.59. The van der Waals surface area contributed by atoms with Gasteiger partial charge in [0.25, 0.3) is 0 Å². The molecular formula is C15H17FO. The Kier molecular flexibility index (Phi) is 3.72. The second-order valence-corrected chi connectivity index (χ2v) is 4.66. The van der Waals surface area contributed by atoms with Crippen molar-refractivity contribution in [1.82, 2.24) is 0 Å². The minimum Gasteiger partial charge on any atom is -0.294 e. The maximum absolute atomic E-state index is 12.8. The van der Waals surface area contributed by atoms with Crippen LogP contribution in [0.3, 0.4) is 0 Å². The van der Waals surface area contributed by atoms with Crippen LogP contribution in [0.15, 0.2) is 36.9 Å². The minimum absolute atomic E-state index is 0.0340. The summed E-state index contributed by atoms with van der Waals surface area (Å²) in [4.78, 5) is 12.3. The number of Topliss-reactive ketones (excluding diaryl/α,β-unsaturated/α-hetero) is 1. The summed E-state index contributed by atoms with van der Waals surface area (Å²) >= 11 is 0. The summed E-state index contributed by atoms with van der Waals surface area (Å²) in [5, 5.41) is 0. The van der Waals surface area contributed by atoms with Crippen LogP contribution in [0, 0.1) is 17.7 Å². The molecule has 2 rings (SSSR count). The van der Waals surface area contributed by atoms with Gasteiger partial charge in [0.15, 0.2) is 5.78 Å². The van der Waals surface area contributed by atoms with Crippen molar-refractivity contribution in [2.24, 2.45) is 11.8 Å². The van der Waals surface area contributed by atoms with Crippen LogP contribution in [0.1, 0.15) is 36.0 Å². The summed E-state index contributed by atoms with van der Waals surface area (Å²) in [6, 6.07) is 5.84. The molecule has 90 valence electrons. The van der Waals surface area contributed by atoms with E-state index in [1.165, 1.54) is 18.6 Å². The zero-order chi connectivity index (χ0) is 12.3. The third kappa shape index (κ3) is 2.63. The molecular weight excluding hydrogens is 215 g/mol. The fourth-order valence-electron chi connectivity index (χ4n) is 2.60. The highest BCUT2D eigenvalue weighted by Gasteiger charge is 2.29. The quantitative estimate of drug-likeness (QED) is 0.568. The van der Waals surface area contributed by atoms with Crippen molar-refractivity contribution in [2.45, 2.75) is 25.7 Å². The van der Waals surface area contributed by atoms with Gasteiger partial charge in [0.2, 0.25) is 0 Å². The molecule has 2 heteroatoms. The van der Waals surface area contributed by atoms with E-state index in [9.17, 15) is 9.18 Å². The largest absolute Gasteiger partial charge is 0.294 e. The molecule has 0 amide bonds. The summed E-state index contributed by atoms with van der Waals surface area (Å²) in [5.41, 5.74) is 0.616. The number of allylic oxidation sites excluding steroid dienone is 1. The van der Waals surface area contributed by atoms with Crippen LogP contribution < -0.4 is 0 Å². The lowest BCUT2D eigenvalue weighted by molar-refractivity contribution is 0.0854. The maximum Gasteiger partial charge on any atom is 0.166 e. The van der Waals surface area contributed by atoms with E-state index in [0.29, 0.717) is 5.56 Å². The van der Waals surface area contributed by atoms with E-state index < -0.39 is 0 Å². The Labute approximate surface area is 101 Å². The van der Waals surface area contributed by atoms with Gasteiger partial charge in [0, 0.05) is 11.5 Å². The van der Waals surface area contributed by atoms with E-state index in [-0.39, 0.29) is 23.4 Å². The molecule has 1 aromatic rings. The van der Waals surface area contributed by atoms with Gasteiger partial charge in [-0.3, -0.25) is 4.79 Å². The smallest absolute Gasteiger partial charge is 0.166 e. The van der Waals surface area contributed by atoms with Gasteiger partial charge in [-0.05, 0) is 43.0 Å². The molecule has 1 aliphatic carbocycles. The molecule has 2 atom stereocenters. The molecule has 0 radical (unpaired) electrons. The molecule has 0 saturated heterocycles. The first kappa shape index (κ1) is 12.0.